The second-order valence-corrected chi connectivity index (χ2v) is 5.32. The van der Waals surface area contributed by atoms with Gasteiger partial charge in [-0.15, -0.1) is 22.7 Å². The number of hydrogen-bond donors (Lipinski definition) is 0. The first kappa shape index (κ1) is 11.3. The van der Waals surface area contributed by atoms with Crippen LogP contribution in [0.2, 0.25) is 0 Å². The number of aldehydes is 1. The Bertz CT molecular complexity index is 673. The lowest BCUT2D eigenvalue weighted by Gasteiger charge is -1.93. The van der Waals surface area contributed by atoms with Gasteiger partial charge in [0.25, 0.3) is 0 Å². The van der Waals surface area contributed by atoms with Crippen LogP contribution in [0.25, 0.3) is 21.3 Å². The zero-order chi connectivity index (χ0) is 12.4. The molecular formula is C13H8N2OS2. The van der Waals surface area contributed by atoms with Crippen molar-refractivity contribution in [2.45, 2.75) is 0 Å². The van der Waals surface area contributed by atoms with Crippen molar-refractivity contribution in [2.75, 3.05) is 0 Å². The lowest BCUT2D eigenvalue weighted by atomic mass is 10.2. The van der Waals surface area contributed by atoms with Gasteiger partial charge in [0.05, 0.1) is 0 Å². The molecule has 0 spiro atoms. The number of thiazole rings is 2. The van der Waals surface area contributed by atoms with Gasteiger partial charge in [0, 0.05) is 16.3 Å². The normalized spacial score (nSPS) is 10.4. The molecule has 0 bridgehead atoms. The molecule has 2 aromatic heterocycles. The van der Waals surface area contributed by atoms with Crippen molar-refractivity contribution in [2.24, 2.45) is 0 Å². The third-order valence-electron chi connectivity index (χ3n) is 2.39. The lowest BCUT2D eigenvalue weighted by Crippen LogP contribution is -1.81. The van der Waals surface area contributed by atoms with Crippen molar-refractivity contribution >= 4 is 29.0 Å². The molecule has 0 aliphatic heterocycles. The molecule has 0 aliphatic rings. The van der Waals surface area contributed by atoms with E-state index in [1.807, 2.05) is 35.7 Å². The fourth-order valence-electron chi connectivity index (χ4n) is 1.54. The second kappa shape index (κ2) is 4.80. The Morgan fingerprint density at radius 3 is 2.44 bits per heavy atom. The van der Waals surface area contributed by atoms with Crippen LogP contribution >= 0.6 is 22.7 Å². The van der Waals surface area contributed by atoms with Crippen LogP contribution in [0.4, 0.5) is 0 Å². The number of rotatable bonds is 3. The number of carbonyl (C=O) groups is 1. The Morgan fingerprint density at radius 1 is 0.944 bits per heavy atom. The fraction of sp³-hybridized carbons (Fsp3) is 0. The summed E-state index contributed by atoms with van der Waals surface area (Å²) in [6.45, 7) is 0. The summed E-state index contributed by atoms with van der Waals surface area (Å²) in [5.41, 5.74) is 2.39. The van der Waals surface area contributed by atoms with E-state index in [4.69, 9.17) is 0 Å². The summed E-state index contributed by atoms with van der Waals surface area (Å²) in [4.78, 5) is 19.4. The van der Waals surface area contributed by atoms with Crippen molar-refractivity contribution < 1.29 is 4.79 Å². The van der Waals surface area contributed by atoms with Crippen molar-refractivity contribution in [3.63, 3.8) is 0 Å². The summed E-state index contributed by atoms with van der Waals surface area (Å²) in [5, 5.41) is 5.46. The van der Waals surface area contributed by atoms with E-state index in [9.17, 15) is 4.79 Å². The molecule has 2 heterocycles. The van der Waals surface area contributed by atoms with Gasteiger partial charge in [0.1, 0.15) is 21.4 Å². The highest BCUT2D eigenvalue weighted by Gasteiger charge is 2.09. The van der Waals surface area contributed by atoms with E-state index in [0.29, 0.717) is 5.69 Å². The molecule has 0 saturated heterocycles. The fourth-order valence-corrected chi connectivity index (χ4v) is 3.15. The van der Waals surface area contributed by atoms with E-state index in [2.05, 4.69) is 9.97 Å². The average molecular weight is 272 g/mol. The zero-order valence-electron chi connectivity index (χ0n) is 9.24. The van der Waals surface area contributed by atoms with Crippen molar-refractivity contribution in [3.8, 4) is 21.3 Å². The number of aromatic nitrogens is 2. The molecule has 18 heavy (non-hydrogen) atoms. The minimum absolute atomic E-state index is 0.462. The highest BCUT2D eigenvalue weighted by molar-refractivity contribution is 7.15. The Kier molecular flexibility index (Phi) is 3.00. The van der Waals surface area contributed by atoms with E-state index in [1.54, 1.807) is 16.7 Å². The Labute approximate surface area is 112 Å². The topological polar surface area (TPSA) is 42.9 Å². The SMILES string of the molecule is O=Cc1csc(-c2csc(-c3ccccc3)n2)n1. The summed E-state index contributed by atoms with van der Waals surface area (Å²) in [5.74, 6) is 0. The molecule has 0 atom stereocenters. The zero-order valence-corrected chi connectivity index (χ0v) is 10.9. The number of benzene rings is 1. The minimum atomic E-state index is 0.462. The highest BCUT2D eigenvalue weighted by Crippen LogP contribution is 2.30. The summed E-state index contributed by atoms with van der Waals surface area (Å²) in [7, 11) is 0. The smallest absolute Gasteiger partial charge is 0.169 e. The van der Waals surface area contributed by atoms with Crippen LogP contribution in [0.15, 0.2) is 41.1 Å². The van der Waals surface area contributed by atoms with Gasteiger partial charge in [-0.05, 0) is 0 Å². The first-order valence-electron chi connectivity index (χ1n) is 5.29. The maximum absolute atomic E-state index is 10.6. The second-order valence-electron chi connectivity index (χ2n) is 3.60. The Hall–Kier alpha value is -1.85. The van der Waals surface area contributed by atoms with Gasteiger partial charge in [0.2, 0.25) is 0 Å². The summed E-state index contributed by atoms with van der Waals surface area (Å²) < 4.78 is 0. The maximum Gasteiger partial charge on any atom is 0.169 e. The van der Waals surface area contributed by atoms with Gasteiger partial charge in [0.15, 0.2) is 6.29 Å². The van der Waals surface area contributed by atoms with Gasteiger partial charge in [-0.2, -0.15) is 0 Å². The standard InChI is InChI=1S/C13H8N2OS2/c16-6-10-7-17-13(14-10)11-8-18-12(15-11)9-4-2-1-3-5-9/h1-8H. The van der Waals surface area contributed by atoms with Gasteiger partial charge >= 0.3 is 0 Å². The van der Waals surface area contributed by atoms with Crippen LogP contribution in [0.3, 0.4) is 0 Å². The Balaban J connectivity index is 1.96. The monoisotopic (exact) mass is 272 g/mol. The highest BCUT2D eigenvalue weighted by atomic mass is 32.1. The number of carbonyl (C=O) groups excluding carboxylic acids is 1. The van der Waals surface area contributed by atoms with Crippen LogP contribution in [0, 0.1) is 0 Å². The first-order chi connectivity index (χ1) is 8.86. The average Bonchev–Trinajstić information content (AvgIpc) is 3.08. The Morgan fingerprint density at radius 2 is 1.72 bits per heavy atom. The van der Waals surface area contributed by atoms with Gasteiger partial charge in [-0.3, -0.25) is 4.79 Å². The number of nitrogens with zero attached hydrogens (tertiary/aromatic N) is 2. The molecular weight excluding hydrogens is 264 g/mol. The van der Waals surface area contributed by atoms with Gasteiger partial charge in [-0.25, -0.2) is 9.97 Å². The summed E-state index contributed by atoms with van der Waals surface area (Å²) >= 11 is 3.02. The molecule has 0 unspecified atom stereocenters. The molecule has 3 nitrogen and oxygen atoms in total. The van der Waals surface area contributed by atoms with E-state index < -0.39 is 0 Å². The van der Waals surface area contributed by atoms with Crippen molar-refractivity contribution in [1.82, 2.24) is 9.97 Å². The lowest BCUT2D eigenvalue weighted by molar-refractivity contribution is 0.111. The molecule has 88 valence electrons. The molecule has 0 radical (unpaired) electrons. The third-order valence-corrected chi connectivity index (χ3v) is 4.16. The van der Waals surface area contributed by atoms with Crippen LogP contribution in [0.5, 0.6) is 0 Å². The molecule has 0 N–H and O–H groups in total. The minimum Gasteiger partial charge on any atom is -0.296 e. The van der Waals surface area contributed by atoms with Gasteiger partial charge in [-0.1, -0.05) is 30.3 Å². The summed E-state index contributed by atoms with van der Waals surface area (Å²) in [6, 6.07) is 10.0. The molecule has 0 aliphatic carbocycles. The van der Waals surface area contributed by atoms with E-state index in [-0.39, 0.29) is 0 Å². The van der Waals surface area contributed by atoms with Gasteiger partial charge < -0.3 is 0 Å². The molecule has 0 saturated carbocycles. The quantitative estimate of drug-likeness (QED) is 0.682. The molecule has 5 heteroatoms. The summed E-state index contributed by atoms with van der Waals surface area (Å²) in [6.07, 6.45) is 0.754. The molecule has 0 fully saturated rings. The number of hydrogen-bond acceptors (Lipinski definition) is 5. The molecule has 3 aromatic rings. The van der Waals surface area contributed by atoms with Crippen LogP contribution in [-0.2, 0) is 0 Å². The van der Waals surface area contributed by atoms with E-state index >= 15 is 0 Å². The van der Waals surface area contributed by atoms with E-state index in [0.717, 1.165) is 27.6 Å². The molecule has 1 aromatic carbocycles. The predicted molar refractivity (Wildman–Crippen MR) is 74.0 cm³/mol. The van der Waals surface area contributed by atoms with Crippen molar-refractivity contribution in [1.29, 1.82) is 0 Å². The van der Waals surface area contributed by atoms with Crippen molar-refractivity contribution in [3.05, 3.63) is 46.8 Å². The van der Waals surface area contributed by atoms with Crippen LogP contribution in [0.1, 0.15) is 10.5 Å². The van der Waals surface area contributed by atoms with Crippen LogP contribution < -0.4 is 0 Å². The molecule has 3 rings (SSSR count). The first-order valence-corrected chi connectivity index (χ1v) is 7.05. The third kappa shape index (κ3) is 2.10. The largest absolute Gasteiger partial charge is 0.296 e. The maximum atomic E-state index is 10.6. The predicted octanol–water partition coefficient (Wildman–Crippen LogP) is 3.75. The van der Waals surface area contributed by atoms with Crippen LogP contribution in [-0.4, -0.2) is 16.3 Å². The van der Waals surface area contributed by atoms with E-state index in [1.165, 1.54) is 11.3 Å². The molecule has 0 amide bonds.